The summed E-state index contributed by atoms with van der Waals surface area (Å²) in [7, 11) is 0. The van der Waals surface area contributed by atoms with Gasteiger partial charge in [0.1, 0.15) is 5.82 Å². The summed E-state index contributed by atoms with van der Waals surface area (Å²) >= 11 is 0. The van der Waals surface area contributed by atoms with Crippen LogP contribution >= 0.6 is 0 Å². The second-order valence-electron chi connectivity index (χ2n) is 13.1. The Morgan fingerprint density at radius 2 is 1.00 bits per heavy atom. The van der Waals surface area contributed by atoms with Crippen LogP contribution in [0.3, 0.4) is 0 Å². The highest BCUT2D eigenvalue weighted by molar-refractivity contribution is 6.10. The summed E-state index contributed by atoms with van der Waals surface area (Å²) in [4.78, 5) is 12.6. The maximum absolute atomic E-state index is 5.21. The molecule has 52 heavy (non-hydrogen) atoms. The average Bonchev–Trinajstić information content (AvgIpc) is 3.45. The fourth-order valence-corrected chi connectivity index (χ4v) is 7.48. The van der Waals surface area contributed by atoms with E-state index in [1.807, 2.05) is 24.3 Å². The van der Waals surface area contributed by atoms with Crippen LogP contribution in [0.2, 0.25) is 0 Å². The van der Waals surface area contributed by atoms with Gasteiger partial charge < -0.3 is 4.90 Å². The largest absolute Gasteiger partial charge is 0.309 e. The number of anilines is 3. The molecule has 1 aliphatic heterocycles. The molecule has 10 rings (SSSR count). The standard InChI is InChI=1S/C48H32N4/c1-4-14-33(15-5-1)42-32-47(50-48(49-42)36-17-6-2-7-18-36)52-44-23-13-11-21-40(44)41-30-37(28-29-45(41)52)38-27-26-35-25-24-34-16-10-12-22-43(34)51(46(35)31-38)39-19-8-3-9-20-39/h1-32H. The third-order valence-corrected chi connectivity index (χ3v) is 9.96. The summed E-state index contributed by atoms with van der Waals surface area (Å²) in [6.45, 7) is 0. The minimum absolute atomic E-state index is 0.697. The van der Waals surface area contributed by atoms with Crippen molar-refractivity contribution in [3.05, 3.63) is 193 Å². The molecule has 0 spiro atoms. The monoisotopic (exact) mass is 664 g/mol. The van der Waals surface area contributed by atoms with Crippen molar-refractivity contribution in [3.8, 4) is 39.6 Å². The topological polar surface area (TPSA) is 34.0 Å². The Morgan fingerprint density at radius 1 is 0.385 bits per heavy atom. The molecule has 7 aromatic carbocycles. The molecular formula is C48H32N4. The SMILES string of the molecule is C1=Cc2ccc(-c3ccc4c(c3)c3ccccc3n4-c3cc(-c4ccccc4)nc(-c4ccccc4)n3)cc2N(c2ccccc2)c2ccccc21. The zero-order chi connectivity index (χ0) is 34.4. The molecule has 0 radical (unpaired) electrons. The fourth-order valence-electron chi connectivity index (χ4n) is 7.48. The summed E-state index contributed by atoms with van der Waals surface area (Å²) in [5.41, 5.74) is 13.2. The van der Waals surface area contributed by atoms with Crippen LogP contribution in [0.1, 0.15) is 11.1 Å². The Balaban J connectivity index is 1.15. The van der Waals surface area contributed by atoms with Crippen molar-refractivity contribution in [1.29, 1.82) is 0 Å². The van der Waals surface area contributed by atoms with E-state index in [1.165, 1.54) is 21.9 Å². The lowest BCUT2D eigenvalue weighted by molar-refractivity contribution is 1.05. The van der Waals surface area contributed by atoms with Crippen LogP contribution in [0.4, 0.5) is 17.1 Å². The number of para-hydroxylation sites is 3. The van der Waals surface area contributed by atoms with E-state index in [0.29, 0.717) is 5.82 Å². The number of benzene rings is 7. The Bertz CT molecular complexity index is 2730. The van der Waals surface area contributed by atoms with Crippen molar-refractivity contribution in [2.24, 2.45) is 0 Å². The lowest BCUT2D eigenvalue weighted by Crippen LogP contribution is -2.11. The van der Waals surface area contributed by atoms with E-state index < -0.39 is 0 Å². The molecule has 0 bridgehead atoms. The molecule has 2 aromatic heterocycles. The third-order valence-electron chi connectivity index (χ3n) is 9.96. The molecule has 0 fully saturated rings. The van der Waals surface area contributed by atoms with Crippen LogP contribution in [0, 0.1) is 0 Å². The summed E-state index contributed by atoms with van der Waals surface area (Å²) < 4.78 is 2.28. The summed E-state index contributed by atoms with van der Waals surface area (Å²) in [5.74, 6) is 1.53. The zero-order valence-electron chi connectivity index (χ0n) is 28.3. The Labute approximate surface area is 302 Å². The summed E-state index contributed by atoms with van der Waals surface area (Å²) in [6.07, 6.45) is 4.45. The predicted molar refractivity (Wildman–Crippen MR) is 216 cm³/mol. The van der Waals surface area contributed by atoms with Gasteiger partial charge >= 0.3 is 0 Å². The van der Waals surface area contributed by atoms with Crippen LogP contribution < -0.4 is 4.90 Å². The molecule has 4 nitrogen and oxygen atoms in total. The highest BCUT2D eigenvalue weighted by atomic mass is 15.1. The third kappa shape index (κ3) is 5.09. The highest BCUT2D eigenvalue weighted by Gasteiger charge is 2.21. The van der Waals surface area contributed by atoms with Gasteiger partial charge in [-0.15, -0.1) is 0 Å². The van der Waals surface area contributed by atoms with Gasteiger partial charge in [-0.1, -0.05) is 146 Å². The van der Waals surface area contributed by atoms with Gasteiger partial charge in [-0.3, -0.25) is 4.57 Å². The smallest absolute Gasteiger partial charge is 0.162 e. The van der Waals surface area contributed by atoms with Crippen LogP contribution in [0.25, 0.3) is 73.5 Å². The lowest BCUT2D eigenvalue weighted by Gasteiger charge is -2.27. The first-order valence-corrected chi connectivity index (χ1v) is 17.6. The van der Waals surface area contributed by atoms with E-state index in [9.17, 15) is 0 Å². The first-order chi connectivity index (χ1) is 25.8. The van der Waals surface area contributed by atoms with Gasteiger partial charge in [-0.25, -0.2) is 9.97 Å². The fraction of sp³-hybridized carbons (Fsp3) is 0. The van der Waals surface area contributed by atoms with E-state index in [2.05, 4.69) is 179 Å². The van der Waals surface area contributed by atoms with E-state index in [-0.39, 0.29) is 0 Å². The number of nitrogens with zero attached hydrogens (tertiary/aromatic N) is 4. The predicted octanol–water partition coefficient (Wildman–Crippen LogP) is 12.5. The lowest BCUT2D eigenvalue weighted by atomic mass is 9.99. The van der Waals surface area contributed by atoms with Gasteiger partial charge in [0.15, 0.2) is 5.82 Å². The van der Waals surface area contributed by atoms with Crippen LogP contribution in [-0.2, 0) is 0 Å². The van der Waals surface area contributed by atoms with Crippen LogP contribution in [-0.4, -0.2) is 14.5 Å². The van der Waals surface area contributed by atoms with E-state index in [0.717, 1.165) is 61.9 Å². The van der Waals surface area contributed by atoms with Gasteiger partial charge in [-0.2, -0.15) is 0 Å². The van der Waals surface area contributed by atoms with Gasteiger partial charge in [0, 0.05) is 33.7 Å². The van der Waals surface area contributed by atoms with Gasteiger partial charge in [0.05, 0.1) is 28.1 Å². The number of fused-ring (bicyclic) bond motifs is 5. The molecule has 3 heterocycles. The van der Waals surface area contributed by atoms with E-state index >= 15 is 0 Å². The summed E-state index contributed by atoms with van der Waals surface area (Å²) in [6, 6.07) is 64.2. The molecule has 0 amide bonds. The van der Waals surface area contributed by atoms with Crippen molar-refractivity contribution >= 4 is 51.0 Å². The maximum atomic E-state index is 5.21. The zero-order valence-corrected chi connectivity index (χ0v) is 28.3. The first-order valence-electron chi connectivity index (χ1n) is 17.6. The quantitative estimate of drug-likeness (QED) is 0.184. The minimum Gasteiger partial charge on any atom is -0.309 e. The van der Waals surface area contributed by atoms with Crippen molar-refractivity contribution in [2.45, 2.75) is 0 Å². The van der Waals surface area contributed by atoms with E-state index in [4.69, 9.17) is 9.97 Å². The Hall–Kier alpha value is -7.04. The molecule has 4 heteroatoms. The Morgan fingerprint density at radius 3 is 1.81 bits per heavy atom. The minimum atomic E-state index is 0.697. The van der Waals surface area contributed by atoms with Gasteiger partial charge in [0.25, 0.3) is 0 Å². The molecule has 0 unspecified atom stereocenters. The normalized spacial score (nSPS) is 12.1. The van der Waals surface area contributed by atoms with Crippen LogP contribution in [0.15, 0.2) is 182 Å². The molecule has 0 atom stereocenters. The second kappa shape index (κ2) is 12.4. The molecule has 0 aliphatic carbocycles. The van der Waals surface area contributed by atoms with Crippen molar-refractivity contribution in [3.63, 3.8) is 0 Å². The van der Waals surface area contributed by atoms with Crippen molar-refractivity contribution in [2.75, 3.05) is 4.90 Å². The Kier molecular flexibility index (Phi) is 7.10. The van der Waals surface area contributed by atoms with Gasteiger partial charge in [-0.05, 0) is 64.7 Å². The number of hydrogen-bond acceptors (Lipinski definition) is 3. The number of rotatable bonds is 5. The van der Waals surface area contributed by atoms with E-state index in [1.54, 1.807) is 0 Å². The number of aromatic nitrogens is 3. The highest BCUT2D eigenvalue weighted by Crippen LogP contribution is 2.44. The second-order valence-corrected chi connectivity index (χ2v) is 13.1. The van der Waals surface area contributed by atoms with Crippen LogP contribution in [0.5, 0.6) is 0 Å². The first kappa shape index (κ1) is 29.8. The average molecular weight is 665 g/mol. The maximum Gasteiger partial charge on any atom is 0.162 e. The van der Waals surface area contributed by atoms with Gasteiger partial charge in [0.2, 0.25) is 0 Å². The molecular weight excluding hydrogens is 633 g/mol. The van der Waals surface area contributed by atoms with Crippen molar-refractivity contribution in [1.82, 2.24) is 14.5 Å². The molecule has 244 valence electrons. The molecule has 0 N–H and O–H groups in total. The molecule has 0 saturated heterocycles. The van der Waals surface area contributed by atoms with Crippen molar-refractivity contribution < 1.29 is 0 Å². The summed E-state index contributed by atoms with van der Waals surface area (Å²) in [5, 5.41) is 2.35. The molecule has 9 aromatic rings. The molecule has 1 aliphatic rings. The number of hydrogen-bond donors (Lipinski definition) is 0. The molecule has 0 saturated carbocycles.